The molecule has 1 aromatic rings. The molecule has 8 heteroatoms. The SMILES string of the molecule is COc1c(C=O)cnc(CN)c1OC(F)(F)F. The van der Waals surface area contributed by atoms with Crippen LogP contribution >= 0.6 is 0 Å². The van der Waals surface area contributed by atoms with Gasteiger partial charge < -0.3 is 15.2 Å². The van der Waals surface area contributed by atoms with E-state index in [2.05, 4.69) is 9.72 Å². The van der Waals surface area contributed by atoms with E-state index in [1.165, 1.54) is 0 Å². The average molecular weight is 250 g/mol. The minimum atomic E-state index is -4.92. The first-order valence-corrected chi connectivity index (χ1v) is 4.39. The molecule has 0 saturated heterocycles. The number of ether oxygens (including phenoxy) is 2. The molecule has 5 nitrogen and oxygen atoms in total. The lowest BCUT2D eigenvalue weighted by atomic mass is 10.2. The smallest absolute Gasteiger partial charge is 0.492 e. The number of carbonyl (C=O) groups is 1. The molecule has 1 heterocycles. The third kappa shape index (κ3) is 3.06. The van der Waals surface area contributed by atoms with Crippen molar-refractivity contribution in [1.29, 1.82) is 0 Å². The van der Waals surface area contributed by atoms with Crippen LogP contribution in [-0.4, -0.2) is 24.7 Å². The fraction of sp³-hybridized carbons (Fsp3) is 0.333. The molecular weight excluding hydrogens is 241 g/mol. The fourth-order valence-corrected chi connectivity index (χ4v) is 1.19. The highest BCUT2D eigenvalue weighted by atomic mass is 19.4. The molecule has 17 heavy (non-hydrogen) atoms. The summed E-state index contributed by atoms with van der Waals surface area (Å²) in [5.41, 5.74) is 4.93. The van der Waals surface area contributed by atoms with Crippen molar-refractivity contribution in [1.82, 2.24) is 4.98 Å². The Morgan fingerprint density at radius 2 is 2.12 bits per heavy atom. The molecule has 0 aliphatic rings. The van der Waals surface area contributed by atoms with Crippen molar-refractivity contribution >= 4 is 6.29 Å². The minimum Gasteiger partial charge on any atom is -0.492 e. The van der Waals surface area contributed by atoms with Gasteiger partial charge >= 0.3 is 6.36 Å². The van der Waals surface area contributed by atoms with Gasteiger partial charge in [0.1, 0.15) is 5.69 Å². The molecule has 0 aliphatic heterocycles. The summed E-state index contributed by atoms with van der Waals surface area (Å²) in [5.74, 6) is -1.03. The first-order valence-electron chi connectivity index (χ1n) is 4.39. The van der Waals surface area contributed by atoms with Crippen LogP contribution in [0.1, 0.15) is 16.1 Å². The van der Waals surface area contributed by atoms with Gasteiger partial charge in [-0.25, -0.2) is 0 Å². The van der Waals surface area contributed by atoms with Crippen LogP contribution in [0.5, 0.6) is 11.5 Å². The number of nitrogens with zero attached hydrogens (tertiary/aromatic N) is 1. The quantitative estimate of drug-likeness (QED) is 0.814. The lowest BCUT2D eigenvalue weighted by Crippen LogP contribution is -2.20. The van der Waals surface area contributed by atoms with E-state index in [0.29, 0.717) is 6.29 Å². The van der Waals surface area contributed by atoms with Gasteiger partial charge in [-0.1, -0.05) is 0 Å². The number of hydrogen-bond donors (Lipinski definition) is 1. The number of aldehydes is 1. The van der Waals surface area contributed by atoms with Gasteiger partial charge in [-0.15, -0.1) is 13.2 Å². The van der Waals surface area contributed by atoms with Crippen LogP contribution in [0, 0.1) is 0 Å². The van der Waals surface area contributed by atoms with Gasteiger partial charge in [0.25, 0.3) is 0 Å². The van der Waals surface area contributed by atoms with Crippen LogP contribution in [0.25, 0.3) is 0 Å². The van der Waals surface area contributed by atoms with E-state index < -0.39 is 12.1 Å². The number of nitrogens with two attached hydrogens (primary N) is 1. The number of rotatable bonds is 4. The molecule has 0 aliphatic carbocycles. The molecule has 0 fully saturated rings. The highest BCUT2D eigenvalue weighted by molar-refractivity contribution is 5.80. The molecule has 0 amide bonds. The van der Waals surface area contributed by atoms with Crippen LogP contribution < -0.4 is 15.2 Å². The molecule has 1 rings (SSSR count). The molecule has 0 aromatic carbocycles. The summed E-state index contributed by atoms with van der Waals surface area (Å²) < 4.78 is 45.0. The molecule has 1 aromatic heterocycles. The second-order valence-electron chi connectivity index (χ2n) is 2.89. The van der Waals surface area contributed by atoms with Crippen molar-refractivity contribution in [3.63, 3.8) is 0 Å². The molecule has 0 atom stereocenters. The fourth-order valence-electron chi connectivity index (χ4n) is 1.19. The van der Waals surface area contributed by atoms with E-state index in [0.717, 1.165) is 13.3 Å². The topological polar surface area (TPSA) is 74.4 Å². The van der Waals surface area contributed by atoms with Crippen LogP contribution in [0.2, 0.25) is 0 Å². The van der Waals surface area contributed by atoms with E-state index in [1.807, 2.05) is 0 Å². The first-order chi connectivity index (χ1) is 7.92. The number of methoxy groups -OCH3 is 1. The predicted octanol–water partition coefficient (Wildman–Crippen LogP) is 1.26. The normalized spacial score (nSPS) is 11.1. The molecule has 0 saturated carbocycles. The van der Waals surface area contributed by atoms with Crippen molar-refractivity contribution in [2.45, 2.75) is 12.9 Å². The summed E-state index contributed by atoms with van der Waals surface area (Å²) in [6.07, 6.45) is -3.53. The van der Waals surface area contributed by atoms with E-state index >= 15 is 0 Å². The van der Waals surface area contributed by atoms with Gasteiger partial charge in [0.05, 0.1) is 12.7 Å². The monoisotopic (exact) mass is 250 g/mol. The average Bonchev–Trinajstić information content (AvgIpc) is 2.26. The number of alkyl halides is 3. The Balaban J connectivity index is 3.34. The standard InChI is InChI=1S/C9H9F3N2O3/c1-16-7-5(4-15)3-14-6(2-13)8(7)17-9(10,11)12/h3-4H,2,13H2,1H3. The Morgan fingerprint density at radius 3 is 2.53 bits per heavy atom. The Hall–Kier alpha value is -1.83. The first kappa shape index (κ1) is 13.2. The summed E-state index contributed by atoms with van der Waals surface area (Å²) in [4.78, 5) is 14.2. The third-order valence-corrected chi connectivity index (χ3v) is 1.83. The highest BCUT2D eigenvalue weighted by Gasteiger charge is 2.34. The predicted molar refractivity (Wildman–Crippen MR) is 50.8 cm³/mol. The molecule has 94 valence electrons. The van der Waals surface area contributed by atoms with Gasteiger partial charge in [0.15, 0.2) is 17.8 Å². The van der Waals surface area contributed by atoms with Gasteiger partial charge in [-0.3, -0.25) is 9.78 Å². The molecule has 0 radical (unpaired) electrons. The summed E-state index contributed by atoms with van der Waals surface area (Å²) >= 11 is 0. The number of halogens is 3. The Bertz CT molecular complexity index is 421. The molecular formula is C9H9F3N2O3. The highest BCUT2D eigenvalue weighted by Crippen LogP contribution is 2.36. The molecule has 0 bridgehead atoms. The van der Waals surface area contributed by atoms with E-state index in [9.17, 15) is 18.0 Å². The van der Waals surface area contributed by atoms with Crippen molar-refractivity contribution in [2.24, 2.45) is 5.73 Å². The molecule has 0 spiro atoms. The second-order valence-corrected chi connectivity index (χ2v) is 2.89. The number of hydrogen-bond acceptors (Lipinski definition) is 5. The maximum absolute atomic E-state index is 12.2. The summed E-state index contributed by atoms with van der Waals surface area (Å²) in [7, 11) is 1.12. The van der Waals surface area contributed by atoms with Crippen molar-refractivity contribution in [3.8, 4) is 11.5 Å². The Morgan fingerprint density at radius 1 is 1.47 bits per heavy atom. The van der Waals surface area contributed by atoms with Gasteiger partial charge in [0.2, 0.25) is 0 Å². The van der Waals surface area contributed by atoms with E-state index in [4.69, 9.17) is 10.5 Å². The van der Waals surface area contributed by atoms with E-state index in [1.54, 1.807) is 0 Å². The maximum atomic E-state index is 12.2. The largest absolute Gasteiger partial charge is 0.573 e. The van der Waals surface area contributed by atoms with Crippen molar-refractivity contribution in [2.75, 3.05) is 7.11 Å². The van der Waals surface area contributed by atoms with Crippen molar-refractivity contribution < 1.29 is 27.4 Å². The molecule has 2 N–H and O–H groups in total. The lowest BCUT2D eigenvalue weighted by Gasteiger charge is -2.15. The zero-order chi connectivity index (χ0) is 13.1. The second kappa shape index (κ2) is 5.00. The summed E-state index contributed by atoms with van der Waals surface area (Å²) in [6.45, 7) is -0.277. The molecule has 0 unspecified atom stereocenters. The van der Waals surface area contributed by atoms with Crippen molar-refractivity contribution in [3.05, 3.63) is 17.5 Å². The number of carbonyl (C=O) groups excluding carboxylic acids is 1. The van der Waals surface area contributed by atoms with Crippen LogP contribution in [0.3, 0.4) is 0 Å². The minimum absolute atomic E-state index is 0.148. The van der Waals surface area contributed by atoms with Crippen LogP contribution in [0.15, 0.2) is 6.20 Å². The third-order valence-electron chi connectivity index (χ3n) is 1.83. The number of aromatic nitrogens is 1. The summed E-state index contributed by atoms with van der Waals surface area (Å²) in [5, 5.41) is 0. The number of pyridine rings is 1. The summed E-state index contributed by atoms with van der Waals surface area (Å²) in [6, 6.07) is 0. The zero-order valence-electron chi connectivity index (χ0n) is 8.75. The van der Waals surface area contributed by atoms with Crippen LogP contribution in [0.4, 0.5) is 13.2 Å². The van der Waals surface area contributed by atoms with Crippen LogP contribution in [-0.2, 0) is 6.54 Å². The van der Waals surface area contributed by atoms with Gasteiger partial charge in [-0.2, -0.15) is 0 Å². The van der Waals surface area contributed by atoms with E-state index in [-0.39, 0.29) is 23.6 Å². The Labute approximate surface area is 94.3 Å². The Kier molecular flexibility index (Phi) is 3.89. The zero-order valence-corrected chi connectivity index (χ0v) is 8.75. The van der Waals surface area contributed by atoms with Gasteiger partial charge in [0, 0.05) is 12.7 Å². The van der Waals surface area contributed by atoms with Gasteiger partial charge in [-0.05, 0) is 0 Å². The lowest BCUT2D eigenvalue weighted by molar-refractivity contribution is -0.275. The maximum Gasteiger partial charge on any atom is 0.573 e.